The second-order valence-corrected chi connectivity index (χ2v) is 5.48. The van der Waals surface area contributed by atoms with Gasteiger partial charge in [-0.3, -0.25) is 9.69 Å². The molecule has 7 heteroatoms. The largest absolute Gasteiger partial charge is 0.493 e. The molecule has 23 heavy (non-hydrogen) atoms. The molecular formula is C16H23ClN2O4. The lowest BCUT2D eigenvalue weighted by molar-refractivity contribution is -0.119. The maximum Gasteiger partial charge on any atom is 0.234 e. The second kappa shape index (κ2) is 8.96. The van der Waals surface area contributed by atoms with Gasteiger partial charge in [-0.25, -0.2) is 0 Å². The molecule has 1 amide bonds. The average molecular weight is 343 g/mol. The molecule has 128 valence electrons. The van der Waals surface area contributed by atoms with E-state index in [-0.39, 0.29) is 17.8 Å². The standard InChI is InChI=1S/C16H23ClN2O4/c1-21-14-4-3-12(9-15(14)22-2)13(11-18-16(20)10-17)19-5-7-23-8-6-19/h3-4,9,13H,5-8,10-11H2,1-2H3,(H,18,20). The van der Waals surface area contributed by atoms with Crippen molar-refractivity contribution < 1.29 is 19.0 Å². The highest BCUT2D eigenvalue weighted by Crippen LogP contribution is 2.32. The smallest absolute Gasteiger partial charge is 0.234 e. The van der Waals surface area contributed by atoms with Crippen LogP contribution in [-0.4, -0.2) is 63.8 Å². The number of nitrogens with zero attached hydrogens (tertiary/aromatic N) is 1. The predicted molar refractivity (Wildman–Crippen MR) is 88.4 cm³/mol. The molecule has 1 aliphatic heterocycles. The Kier molecular flexibility index (Phi) is 6.95. The summed E-state index contributed by atoms with van der Waals surface area (Å²) in [6.07, 6.45) is 0. The van der Waals surface area contributed by atoms with Crippen LogP contribution >= 0.6 is 11.6 Å². The summed E-state index contributed by atoms with van der Waals surface area (Å²) in [5.41, 5.74) is 1.06. The normalized spacial score (nSPS) is 16.7. The van der Waals surface area contributed by atoms with Gasteiger partial charge in [0.2, 0.25) is 5.91 Å². The van der Waals surface area contributed by atoms with Crippen molar-refractivity contribution >= 4 is 17.5 Å². The number of hydrogen-bond donors (Lipinski definition) is 1. The number of morpholine rings is 1. The third kappa shape index (κ3) is 4.73. The van der Waals surface area contributed by atoms with E-state index in [0.29, 0.717) is 31.3 Å². The summed E-state index contributed by atoms with van der Waals surface area (Å²) in [4.78, 5) is 13.8. The van der Waals surface area contributed by atoms with E-state index in [1.54, 1.807) is 14.2 Å². The third-order valence-electron chi connectivity index (χ3n) is 3.89. The van der Waals surface area contributed by atoms with E-state index in [1.807, 2.05) is 18.2 Å². The maximum absolute atomic E-state index is 11.5. The third-order valence-corrected chi connectivity index (χ3v) is 4.14. The van der Waals surface area contributed by atoms with Gasteiger partial charge >= 0.3 is 0 Å². The summed E-state index contributed by atoms with van der Waals surface area (Å²) in [5.74, 6) is 1.14. The van der Waals surface area contributed by atoms with Gasteiger partial charge in [0, 0.05) is 19.6 Å². The van der Waals surface area contributed by atoms with Crippen molar-refractivity contribution in [3.05, 3.63) is 23.8 Å². The van der Waals surface area contributed by atoms with Gasteiger partial charge < -0.3 is 19.5 Å². The van der Waals surface area contributed by atoms with Crippen LogP contribution in [0, 0.1) is 0 Å². The molecule has 0 spiro atoms. The molecular weight excluding hydrogens is 320 g/mol. The number of rotatable bonds is 7. The number of benzene rings is 1. The van der Waals surface area contributed by atoms with E-state index in [1.165, 1.54) is 0 Å². The zero-order valence-electron chi connectivity index (χ0n) is 13.5. The Morgan fingerprint density at radius 1 is 1.30 bits per heavy atom. The van der Waals surface area contributed by atoms with Crippen molar-refractivity contribution in [2.45, 2.75) is 6.04 Å². The summed E-state index contributed by atoms with van der Waals surface area (Å²) >= 11 is 5.57. The predicted octanol–water partition coefficient (Wildman–Crippen LogP) is 1.43. The van der Waals surface area contributed by atoms with Crippen molar-refractivity contribution in [3.8, 4) is 11.5 Å². The summed E-state index contributed by atoms with van der Waals surface area (Å²) < 4.78 is 16.1. The van der Waals surface area contributed by atoms with Crippen LogP contribution in [0.4, 0.5) is 0 Å². The molecule has 0 aliphatic carbocycles. The topological polar surface area (TPSA) is 60.0 Å². The van der Waals surface area contributed by atoms with Crippen molar-refractivity contribution in [3.63, 3.8) is 0 Å². The molecule has 0 aromatic heterocycles. The number of hydrogen-bond acceptors (Lipinski definition) is 5. The van der Waals surface area contributed by atoms with E-state index in [0.717, 1.165) is 18.7 Å². The lowest BCUT2D eigenvalue weighted by Crippen LogP contribution is -2.44. The average Bonchev–Trinajstić information content (AvgIpc) is 2.62. The zero-order valence-corrected chi connectivity index (χ0v) is 14.3. The van der Waals surface area contributed by atoms with Gasteiger partial charge in [-0.1, -0.05) is 6.07 Å². The molecule has 0 saturated carbocycles. The molecule has 1 aromatic rings. The molecule has 2 rings (SSSR count). The highest BCUT2D eigenvalue weighted by atomic mass is 35.5. The Morgan fingerprint density at radius 2 is 2.00 bits per heavy atom. The molecule has 1 N–H and O–H groups in total. The summed E-state index contributed by atoms with van der Waals surface area (Å²) in [7, 11) is 3.22. The molecule has 1 heterocycles. The van der Waals surface area contributed by atoms with Gasteiger partial charge in [-0.2, -0.15) is 0 Å². The first-order valence-corrected chi connectivity index (χ1v) is 8.09. The van der Waals surface area contributed by atoms with Crippen LogP contribution in [0.2, 0.25) is 0 Å². The minimum absolute atomic E-state index is 0.0332. The maximum atomic E-state index is 11.5. The zero-order chi connectivity index (χ0) is 16.7. The van der Waals surface area contributed by atoms with E-state index < -0.39 is 0 Å². The summed E-state index contributed by atoms with van der Waals surface area (Å²) in [5, 5.41) is 2.87. The Bertz CT molecular complexity index is 521. The number of nitrogens with one attached hydrogen (secondary N) is 1. The van der Waals surface area contributed by atoms with Gasteiger partial charge in [0.15, 0.2) is 11.5 Å². The van der Waals surface area contributed by atoms with E-state index >= 15 is 0 Å². The molecule has 1 atom stereocenters. The van der Waals surface area contributed by atoms with E-state index in [2.05, 4.69) is 10.2 Å². The number of carbonyl (C=O) groups excluding carboxylic acids is 1. The van der Waals surface area contributed by atoms with Crippen molar-refractivity contribution in [2.24, 2.45) is 0 Å². The monoisotopic (exact) mass is 342 g/mol. The molecule has 0 radical (unpaired) electrons. The fourth-order valence-electron chi connectivity index (χ4n) is 2.66. The van der Waals surface area contributed by atoms with Crippen molar-refractivity contribution in [2.75, 3.05) is 52.9 Å². The molecule has 1 saturated heterocycles. The fraction of sp³-hybridized carbons (Fsp3) is 0.562. The molecule has 1 aromatic carbocycles. The molecule has 1 aliphatic rings. The Balaban J connectivity index is 2.22. The van der Waals surface area contributed by atoms with Gasteiger partial charge in [0.25, 0.3) is 0 Å². The van der Waals surface area contributed by atoms with E-state index in [9.17, 15) is 4.79 Å². The lowest BCUT2D eigenvalue weighted by Gasteiger charge is -2.35. The van der Waals surface area contributed by atoms with Crippen LogP contribution in [-0.2, 0) is 9.53 Å². The molecule has 1 fully saturated rings. The van der Waals surface area contributed by atoms with Gasteiger partial charge in [0.05, 0.1) is 33.5 Å². The van der Waals surface area contributed by atoms with Crippen LogP contribution in [0.3, 0.4) is 0 Å². The van der Waals surface area contributed by atoms with Crippen LogP contribution in [0.25, 0.3) is 0 Å². The Morgan fingerprint density at radius 3 is 2.61 bits per heavy atom. The number of amides is 1. The minimum atomic E-state index is -0.176. The first kappa shape index (κ1) is 17.8. The van der Waals surface area contributed by atoms with Crippen LogP contribution in [0.1, 0.15) is 11.6 Å². The van der Waals surface area contributed by atoms with Gasteiger partial charge in [-0.15, -0.1) is 11.6 Å². The number of alkyl halides is 1. The van der Waals surface area contributed by atoms with Crippen molar-refractivity contribution in [1.82, 2.24) is 10.2 Å². The highest BCUT2D eigenvalue weighted by Gasteiger charge is 2.24. The quantitative estimate of drug-likeness (QED) is 0.760. The lowest BCUT2D eigenvalue weighted by atomic mass is 10.0. The SMILES string of the molecule is COc1ccc(C(CNC(=O)CCl)N2CCOCC2)cc1OC. The van der Waals surface area contributed by atoms with Gasteiger partial charge in [-0.05, 0) is 17.7 Å². The molecule has 0 bridgehead atoms. The van der Waals surface area contributed by atoms with Crippen LogP contribution in [0.5, 0.6) is 11.5 Å². The highest BCUT2D eigenvalue weighted by molar-refractivity contribution is 6.27. The molecule has 6 nitrogen and oxygen atoms in total. The summed E-state index contributed by atoms with van der Waals surface area (Å²) in [6.45, 7) is 3.49. The Labute approximate surface area is 141 Å². The number of carbonyl (C=O) groups is 1. The summed E-state index contributed by atoms with van der Waals surface area (Å²) in [6, 6.07) is 5.86. The minimum Gasteiger partial charge on any atom is -0.493 e. The molecule has 1 unspecified atom stereocenters. The van der Waals surface area contributed by atoms with Gasteiger partial charge in [0.1, 0.15) is 5.88 Å². The first-order chi connectivity index (χ1) is 11.2. The van der Waals surface area contributed by atoms with Crippen LogP contribution in [0.15, 0.2) is 18.2 Å². The van der Waals surface area contributed by atoms with E-state index in [4.69, 9.17) is 25.8 Å². The first-order valence-electron chi connectivity index (χ1n) is 7.56. The second-order valence-electron chi connectivity index (χ2n) is 5.22. The fourth-order valence-corrected chi connectivity index (χ4v) is 2.76. The van der Waals surface area contributed by atoms with Crippen molar-refractivity contribution in [1.29, 1.82) is 0 Å². The number of methoxy groups -OCH3 is 2. The Hall–Kier alpha value is -1.50. The number of halogens is 1. The number of ether oxygens (including phenoxy) is 3. The van der Waals surface area contributed by atoms with Crippen LogP contribution < -0.4 is 14.8 Å².